The number of likely N-dealkylation sites (N-methyl/N-ethyl adjacent to an activating group) is 1. The van der Waals surface area contributed by atoms with Gasteiger partial charge in [-0.05, 0) is 32.9 Å². The molecule has 2 atom stereocenters. The zero-order valence-electron chi connectivity index (χ0n) is 11.0. The monoisotopic (exact) mass is 221 g/mol. The SMILES string of the molecule is CCc1cc(C(C)C(CC)NC)nc(C)n1. The van der Waals surface area contributed by atoms with Gasteiger partial charge in [0.15, 0.2) is 0 Å². The first-order valence-corrected chi connectivity index (χ1v) is 6.14. The maximum atomic E-state index is 4.55. The van der Waals surface area contributed by atoms with Crippen molar-refractivity contribution in [3.8, 4) is 0 Å². The predicted octanol–water partition coefficient (Wildman–Crippen LogP) is 2.45. The van der Waals surface area contributed by atoms with Crippen molar-refractivity contribution < 1.29 is 0 Å². The highest BCUT2D eigenvalue weighted by Gasteiger charge is 2.17. The van der Waals surface area contributed by atoms with Gasteiger partial charge in [0.2, 0.25) is 0 Å². The lowest BCUT2D eigenvalue weighted by Crippen LogP contribution is -2.30. The van der Waals surface area contributed by atoms with Crippen LogP contribution in [0.5, 0.6) is 0 Å². The molecule has 0 saturated carbocycles. The van der Waals surface area contributed by atoms with E-state index in [1.54, 1.807) is 0 Å². The van der Waals surface area contributed by atoms with Crippen LogP contribution in [-0.2, 0) is 6.42 Å². The Morgan fingerprint density at radius 1 is 1.31 bits per heavy atom. The Bertz CT molecular complexity index is 332. The van der Waals surface area contributed by atoms with Gasteiger partial charge in [-0.3, -0.25) is 0 Å². The highest BCUT2D eigenvalue weighted by molar-refractivity contribution is 5.16. The summed E-state index contributed by atoms with van der Waals surface area (Å²) in [5.74, 6) is 1.31. The van der Waals surface area contributed by atoms with Crippen LogP contribution in [0.4, 0.5) is 0 Å². The maximum Gasteiger partial charge on any atom is 0.125 e. The summed E-state index contributed by atoms with van der Waals surface area (Å²) in [6.45, 7) is 8.53. The summed E-state index contributed by atoms with van der Waals surface area (Å²) >= 11 is 0. The predicted molar refractivity (Wildman–Crippen MR) is 67.7 cm³/mol. The molecule has 0 radical (unpaired) electrons. The molecule has 90 valence electrons. The molecule has 1 rings (SSSR count). The zero-order chi connectivity index (χ0) is 12.1. The molecule has 3 nitrogen and oxygen atoms in total. The van der Waals surface area contributed by atoms with E-state index in [-0.39, 0.29) is 0 Å². The molecule has 0 amide bonds. The first kappa shape index (κ1) is 13.1. The number of nitrogens with zero attached hydrogens (tertiary/aromatic N) is 2. The van der Waals surface area contributed by atoms with Gasteiger partial charge in [0.25, 0.3) is 0 Å². The summed E-state index contributed by atoms with van der Waals surface area (Å²) in [7, 11) is 2.01. The topological polar surface area (TPSA) is 37.8 Å². The van der Waals surface area contributed by atoms with Gasteiger partial charge < -0.3 is 5.32 Å². The summed E-state index contributed by atoms with van der Waals surface area (Å²) < 4.78 is 0. The van der Waals surface area contributed by atoms with Gasteiger partial charge in [0, 0.05) is 23.3 Å². The van der Waals surface area contributed by atoms with Crippen LogP contribution in [0.15, 0.2) is 6.07 Å². The van der Waals surface area contributed by atoms with E-state index in [1.165, 1.54) is 0 Å². The average Bonchev–Trinajstić information content (AvgIpc) is 2.29. The molecular weight excluding hydrogens is 198 g/mol. The Kier molecular flexibility index (Phi) is 4.87. The molecule has 1 aromatic heterocycles. The first-order valence-electron chi connectivity index (χ1n) is 6.14. The minimum Gasteiger partial charge on any atom is -0.316 e. The van der Waals surface area contributed by atoms with E-state index in [4.69, 9.17) is 0 Å². The first-order chi connectivity index (χ1) is 7.62. The van der Waals surface area contributed by atoms with E-state index in [0.29, 0.717) is 12.0 Å². The zero-order valence-corrected chi connectivity index (χ0v) is 11.0. The molecule has 0 fully saturated rings. The lowest BCUT2D eigenvalue weighted by molar-refractivity contribution is 0.464. The number of nitrogens with one attached hydrogen (secondary N) is 1. The van der Waals surface area contributed by atoms with Gasteiger partial charge >= 0.3 is 0 Å². The third-order valence-corrected chi connectivity index (χ3v) is 3.15. The van der Waals surface area contributed by atoms with Crippen molar-refractivity contribution in [2.75, 3.05) is 7.05 Å². The summed E-state index contributed by atoms with van der Waals surface area (Å²) in [5.41, 5.74) is 2.30. The smallest absolute Gasteiger partial charge is 0.125 e. The second-order valence-corrected chi connectivity index (χ2v) is 4.28. The van der Waals surface area contributed by atoms with Crippen LogP contribution in [-0.4, -0.2) is 23.1 Å². The Labute approximate surface area is 98.7 Å². The maximum absolute atomic E-state index is 4.55. The van der Waals surface area contributed by atoms with E-state index >= 15 is 0 Å². The van der Waals surface area contributed by atoms with Gasteiger partial charge in [-0.2, -0.15) is 0 Å². The molecule has 0 saturated heterocycles. The fourth-order valence-corrected chi connectivity index (χ4v) is 2.08. The molecule has 2 unspecified atom stereocenters. The molecule has 0 aliphatic carbocycles. The van der Waals surface area contributed by atoms with Crippen LogP contribution in [0.1, 0.15) is 50.3 Å². The van der Waals surface area contributed by atoms with Crippen LogP contribution in [0.2, 0.25) is 0 Å². The second-order valence-electron chi connectivity index (χ2n) is 4.28. The highest BCUT2D eigenvalue weighted by atomic mass is 14.9. The Hall–Kier alpha value is -0.960. The molecule has 0 aromatic carbocycles. The third kappa shape index (κ3) is 3.01. The van der Waals surface area contributed by atoms with Crippen molar-refractivity contribution in [2.45, 2.75) is 52.5 Å². The summed E-state index contributed by atoms with van der Waals surface area (Å²) in [6, 6.07) is 2.62. The van der Waals surface area contributed by atoms with Gasteiger partial charge in [0.1, 0.15) is 5.82 Å². The quantitative estimate of drug-likeness (QED) is 0.830. The molecule has 0 aliphatic rings. The van der Waals surface area contributed by atoms with Crippen LogP contribution in [0.3, 0.4) is 0 Å². The number of hydrogen-bond acceptors (Lipinski definition) is 3. The van der Waals surface area contributed by atoms with Crippen molar-refractivity contribution in [1.29, 1.82) is 0 Å². The summed E-state index contributed by atoms with van der Waals surface area (Å²) in [4.78, 5) is 8.96. The van der Waals surface area contributed by atoms with Gasteiger partial charge in [-0.1, -0.05) is 20.8 Å². The molecule has 1 heterocycles. The Balaban J connectivity index is 2.97. The minimum absolute atomic E-state index is 0.432. The van der Waals surface area contributed by atoms with Gasteiger partial charge in [0.05, 0.1) is 0 Å². The van der Waals surface area contributed by atoms with Crippen LogP contribution in [0, 0.1) is 6.92 Å². The van der Waals surface area contributed by atoms with Crippen molar-refractivity contribution in [1.82, 2.24) is 15.3 Å². The number of rotatable bonds is 5. The van der Waals surface area contributed by atoms with Gasteiger partial charge in [-0.15, -0.1) is 0 Å². The Morgan fingerprint density at radius 2 is 2.00 bits per heavy atom. The molecule has 3 heteroatoms. The molecule has 0 bridgehead atoms. The van der Waals surface area contributed by atoms with Gasteiger partial charge in [-0.25, -0.2) is 9.97 Å². The third-order valence-electron chi connectivity index (χ3n) is 3.15. The summed E-state index contributed by atoms with van der Waals surface area (Å²) in [6.07, 6.45) is 2.08. The number of aryl methyl sites for hydroxylation is 2. The minimum atomic E-state index is 0.432. The molecule has 16 heavy (non-hydrogen) atoms. The van der Waals surface area contributed by atoms with Crippen LogP contribution in [0.25, 0.3) is 0 Å². The number of hydrogen-bond donors (Lipinski definition) is 1. The van der Waals surface area contributed by atoms with E-state index < -0.39 is 0 Å². The van der Waals surface area contributed by atoms with Crippen molar-refractivity contribution in [2.24, 2.45) is 0 Å². The normalized spacial score (nSPS) is 14.8. The second kappa shape index (κ2) is 5.94. The molecule has 1 aromatic rings. The number of aromatic nitrogens is 2. The van der Waals surface area contributed by atoms with Crippen LogP contribution >= 0.6 is 0 Å². The summed E-state index contributed by atoms with van der Waals surface area (Å²) in [5, 5.41) is 3.35. The lowest BCUT2D eigenvalue weighted by atomic mass is 9.95. The average molecular weight is 221 g/mol. The Morgan fingerprint density at radius 3 is 2.50 bits per heavy atom. The van der Waals surface area contributed by atoms with Crippen molar-refractivity contribution in [3.05, 3.63) is 23.3 Å². The standard InChI is InChI=1S/C13H23N3/c1-6-11-8-13(16-10(4)15-11)9(3)12(7-2)14-5/h8-9,12,14H,6-7H2,1-5H3. The fraction of sp³-hybridized carbons (Fsp3) is 0.692. The highest BCUT2D eigenvalue weighted by Crippen LogP contribution is 2.20. The lowest BCUT2D eigenvalue weighted by Gasteiger charge is -2.22. The molecule has 1 N–H and O–H groups in total. The fourth-order valence-electron chi connectivity index (χ4n) is 2.08. The largest absolute Gasteiger partial charge is 0.316 e. The molecule has 0 aliphatic heterocycles. The molecular formula is C13H23N3. The van der Waals surface area contributed by atoms with Crippen LogP contribution < -0.4 is 5.32 Å². The van der Waals surface area contributed by atoms with E-state index in [2.05, 4.69) is 42.1 Å². The van der Waals surface area contributed by atoms with E-state index in [1.807, 2.05) is 14.0 Å². The van der Waals surface area contributed by atoms with E-state index in [9.17, 15) is 0 Å². The van der Waals surface area contributed by atoms with Crippen molar-refractivity contribution >= 4 is 0 Å². The van der Waals surface area contributed by atoms with Crippen molar-refractivity contribution in [3.63, 3.8) is 0 Å². The van der Waals surface area contributed by atoms with E-state index in [0.717, 1.165) is 30.1 Å². The molecule has 0 spiro atoms.